The second-order valence-electron chi connectivity index (χ2n) is 2.23. The van der Waals surface area contributed by atoms with E-state index in [0.29, 0.717) is 10.5 Å². The van der Waals surface area contributed by atoms with Crippen molar-refractivity contribution in [1.29, 1.82) is 0 Å². The third-order valence-electron chi connectivity index (χ3n) is 1.46. The summed E-state index contributed by atoms with van der Waals surface area (Å²) in [6, 6.07) is 4.93. The molecule has 0 atom stereocenters. The molecule has 0 aliphatic carbocycles. The second kappa shape index (κ2) is 4.02. The number of nitrogens with two attached hydrogens (primary N) is 1. The van der Waals surface area contributed by atoms with Gasteiger partial charge >= 0.3 is 0 Å². The van der Waals surface area contributed by atoms with Crippen molar-refractivity contribution < 1.29 is 8.42 Å². The van der Waals surface area contributed by atoms with Crippen LogP contribution in [-0.2, 0) is 17.2 Å². The Hall–Kier alpha value is -0.390. The standard InChI is InChI=1S/C7H8BrNO2S/c8-6-1-2-7(12(10)11)5(3-6)4-9/h1-3,12H,4,9H2. The first-order valence-corrected chi connectivity index (χ1v) is 5.25. The zero-order valence-electron chi connectivity index (χ0n) is 6.16. The van der Waals surface area contributed by atoms with E-state index in [1.807, 2.05) is 0 Å². The normalized spacial score (nSPS) is 10.6. The number of benzene rings is 1. The lowest BCUT2D eigenvalue weighted by atomic mass is 10.2. The molecule has 0 saturated heterocycles. The van der Waals surface area contributed by atoms with Gasteiger partial charge in [-0.3, -0.25) is 0 Å². The average molecular weight is 250 g/mol. The Labute approximate surface area is 80.7 Å². The van der Waals surface area contributed by atoms with E-state index in [2.05, 4.69) is 15.9 Å². The summed E-state index contributed by atoms with van der Waals surface area (Å²) in [6.45, 7) is 0.234. The molecule has 1 rings (SSSR count). The lowest BCUT2D eigenvalue weighted by Crippen LogP contribution is -2.00. The molecule has 0 heterocycles. The van der Waals surface area contributed by atoms with E-state index in [4.69, 9.17) is 5.73 Å². The predicted molar refractivity (Wildman–Crippen MR) is 50.6 cm³/mol. The Balaban J connectivity index is 3.29. The van der Waals surface area contributed by atoms with Crippen molar-refractivity contribution >= 4 is 26.6 Å². The van der Waals surface area contributed by atoms with Gasteiger partial charge in [0.2, 0.25) is 0 Å². The van der Waals surface area contributed by atoms with Gasteiger partial charge in [0.15, 0.2) is 10.7 Å². The highest BCUT2D eigenvalue weighted by molar-refractivity contribution is 9.10. The van der Waals surface area contributed by atoms with Crippen molar-refractivity contribution in [3.63, 3.8) is 0 Å². The van der Waals surface area contributed by atoms with Crippen LogP contribution in [0.1, 0.15) is 5.56 Å². The molecule has 0 aliphatic heterocycles. The first kappa shape index (κ1) is 9.70. The lowest BCUT2D eigenvalue weighted by Gasteiger charge is -2.00. The molecule has 1 aromatic carbocycles. The van der Waals surface area contributed by atoms with Crippen LogP contribution < -0.4 is 5.73 Å². The van der Waals surface area contributed by atoms with E-state index in [-0.39, 0.29) is 6.54 Å². The second-order valence-corrected chi connectivity index (χ2v) is 4.15. The third kappa shape index (κ3) is 2.06. The highest BCUT2D eigenvalue weighted by atomic mass is 79.9. The van der Waals surface area contributed by atoms with Crippen molar-refractivity contribution in [2.24, 2.45) is 5.73 Å². The minimum absolute atomic E-state index is 0.234. The van der Waals surface area contributed by atoms with E-state index in [0.717, 1.165) is 4.47 Å². The molecule has 0 radical (unpaired) electrons. The van der Waals surface area contributed by atoms with Gasteiger partial charge in [0.25, 0.3) is 0 Å². The fourth-order valence-electron chi connectivity index (χ4n) is 0.896. The molecular formula is C7H8BrNO2S. The predicted octanol–water partition coefficient (Wildman–Crippen LogP) is 0.878. The molecule has 0 spiro atoms. The first-order valence-electron chi connectivity index (χ1n) is 3.28. The molecule has 5 heteroatoms. The molecular weight excluding hydrogens is 242 g/mol. The highest BCUT2D eigenvalue weighted by Gasteiger charge is 2.02. The molecule has 0 aromatic heterocycles. The van der Waals surface area contributed by atoms with Crippen LogP contribution in [0.25, 0.3) is 0 Å². The maximum absolute atomic E-state index is 10.7. The van der Waals surface area contributed by atoms with Crippen molar-refractivity contribution in [2.75, 3.05) is 0 Å². The summed E-state index contributed by atoms with van der Waals surface area (Å²) in [5.74, 6) is 0. The molecule has 0 unspecified atom stereocenters. The summed E-state index contributed by atoms with van der Waals surface area (Å²) in [5.41, 5.74) is 6.01. The van der Waals surface area contributed by atoms with Gasteiger partial charge in [0.05, 0.1) is 4.90 Å². The van der Waals surface area contributed by atoms with Crippen LogP contribution >= 0.6 is 15.9 Å². The Kier molecular flexibility index (Phi) is 3.25. The maximum Gasteiger partial charge on any atom is 0.168 e. The smallest absolute Gasteiger partial charge is 0.168 e. The number of rotatable bonds is 2. The van der Waals surface area contributed by atoms with Crippen molar-refractivity contribution in [3.05, 3.63) is 28.2 Å². The van der Waals surface area contributed by atoms with E-state index in [1.54, 1.807) is 12.1 Å². The van der Waals surface area contributed by atoms with Crippen molar-refractivity contribution in [2.45, 2.75) is 11.4 Å². The van der Waals surface area contributed by atoms with Gasteiger partial charge in [0, 0.05) is 11.0 Å². The fraction of sp³-hybridized carbons (Fsp3) is 0.143. The highest BCUT2D eigenvalue weighted by Crippen LogP contribution is 2.16. The lowest BCUT2D eigenvalue weighted by molar-refractivity contribution is 0.613. The summed E-state index contributed by atoms with van der Waals surface area (Å²) in [7, 11) is -2.54. The van der Waals surface area contributed by atoms with Crippen LogP contribution in [0, 0.1) is 0 Å². The van der Waals surface area contributed by atoms with E-state index < -0.39 is 10.7 Å². The monoisotopic (exact) mass is 249 g/mol. The molecule has 0 bridgehead atoms. The van der Waals surface area contributed by atoms with Crippen LogP contribution in [0.4, 0.5) is 0 Å². The Morgan fingerprint density at radius 1 is 1.42 bits per heavy atom. The number of thiol groups is 1. The van der Waals surface area contributed by atoms with E-state index in [9.17, 15) is 8.42 Å². The van der Waals surface area contributed by atoms with Crippen LogP contribution in [0.5, 0.6) is 0 Å². The Bertz CT molecular complexity index is 354. The van der Waals surface area contributed by atoms with Crippen LogP contribution in [0.3, 0.4) is 0 Å². The molecule has 66 valence electrons. The number of halogens is 1. The molecule has 1 aromatic rings. The molecule has 3 nitrogen and oxygen atoms in total. The van der Waals surface area contributed by atoms with Crippen LogP contribution in [-0.4, -0.2) is 8.42 Å². The van der Waals surface area contributed by atoms with Gasteiger partial charge in [-0.05, 0) is 23.8 Å². The fourth-order valence-corrected chi connectivity index (χ4v) is 1.89. The Morgan fingerprint density at radius 2 is 2.08 bits per heavy atom. The number of hydrogen-bond acceptors (Lipinski definition) is 3. The quantitative estimate of drug-likeness (QED) is 0.766. The van der Waals surface area contributed by atoms with E-state index >= 15 is 0 Å². The minimum Gasteiger partial charge on any atom is -0.326 e. The van der Waals surface area contributed by atoms with Gasteiger partial charge in [-0.1, -0.05) is 15.9 Å². The summed E-state index contributed by atoms with van der Waals surface area (Å²) in [5, 5.41) is 0. The molecule has 12 heavy (non-hydrogen) atoms. The number of hydrogen-bond donors (Lipinski definition) is 2. The van der Waals surface area contributed by atoms with Gasteiger partial charge in [-0.25, -0.2) is 8.42 Å². The summed E-state index contributed by atoms with van der Waals surface area (Å²) < 4.78 is 22.2. The Morgan fingerprint density at radius 3 is 2.58 bits per heavy atom. The molecule has 2 N–H and O–H groups in total. The summed E-state index contributed by atoms with van der Waals surface area (Å²) in [6.07, 6.45) is 0. The molecule has 0 fully saturated rings. The maximum atomic E-state index is 10.7. The van der Waals surface area contributed by atoms with Gasteiger partial charge in [-0.2, -0.15) is 0 Å². The van der Waals surface area contributed by atoms with Crippen LogP contribution in [0.2, 0.25) is 0 Å². The van der Waals surface area contributed by atoms with Gasteiger partial charge < -0.3 is 5.73 Å². The molecule has 0 amide bonds. The SMILES string of the molecule is NCc1cc(Br)ccc1[SH](=O)=O. The minimum atomic E-state index is -2.54. The van der Waals surface area contributed by atoms with Crippen molar-refractivity contribution in [1.82, 2.24) is 0 Å². The molecule has 0 aliphatic rings. The average Bonchev–Trinajstić information content (AvgIpc) is 2.03. The summed E-state index contributed by atoms with van der Waals surface area (Å²) in [4.78, 5) is 0.302. The largest absolute Gasteiger partial charge is 0.326 e. The topological polar surface area (TPSA) is 60.2 Å². The first-order chi connectivity index (χ1) is 5.65. The van der Waals surface area contributed by atoms with Crippen molar-refractivity contribution in [3.8, 4) is 0 Å². The van der Waals surface area contributed by atoms with Gasteiger partial charge in [-0.15, -0.1) is 0 Å². The van der Waals surface area contributed by atoms with Crippen LogP contribution in [0.15, 0.2) is 27.6 Å². The zero-order valence-corrected chi connectivity index (χ0v) is 8.64. The van der Waals surface area contributed by atoms with E-state index in [1.165, 1.54) is 6.07 Å². The molecule has 0 saturated carbocycles. The van der Waals surface area contributed by atoms with Gasteiger partial charge in [0.1, 0.15) is 0 Å². The summed E-state index contributed by atoms with van der Waals surface area (Å²) >= 11 is 3.23. The zero-order chi connectivity index (χ0) is 9.14. The third-order valence-corrected chi connectivity index (χ3v) is 2.78.